The summed E-state index contributed by atoms with van der Waals surface area (Å²) in [4.78, 5) is 0. The van der Waals surface area contributed by atoms with Gasteiger partial charge in [0.2, 0.25) is 0 Å². The molecule has 1 N–H and O–H groups in total. The zero-order chi connectivity index (χ0) is 14.3. The Kier molecular flexibility index (Phi) is 6.82. The fraction of sp³-hybridized carbons (Fsp3) is 0.529. The van der Waals surface area contributed by atoms with Crippen molar-refractivity contribution >= 4 is 6.08 Å². The third-order valence-corrected chi connectivity index (χ3v) is 3.38. The van der Waals surface area contributed by atoms with Crippen molar-refractivity contribution in [2.75, 3.05) is 26.8 Å². The minimum Gasteiger partial charge on any atom is -0.383 e. The monoisotopic (exact) mass is 261 g/mol. The molecule has 0 amide bonds. The first-order valence-corrected chi connectivity index (χ1v) is 7.05. The van der Waals surface area contributed by atoms with Crippen LogP contribution in [0.25, 0.3) is 6.08 Å². The predicted molar refractivity (Wildman–Crippen MR) is 83.7 cm³/mol. The van der Waals surface area contributed by atoms with Crippen molar-refractivity contribution in [1.29, 1.82) is 0 Å². The molecule has 0 spiro atoms. The van der Waals surface area contributed by atoms with Crippen molar-refractivity contribution in [2.24, 2.45) is 0 Å². The van der Waals surface area contributed by atoms with Crippen molar-refractivity contribution in [3.63, 3.8) is 0 Å². The van der Waals surface area contributed by atoms with E-state index in [2.05, 4.69) is 51.2 Å². The lowest BCUT2D eigenvalue weighted by molar-refractivity contribution is 0.200. The van der Waals surface area contributed by atoms with E-state index in [9.17, 15) is 0 Å². The molecule has 19 heavy (non-hydrogen) atoms. The minimum atomic E-state index is 0.763. The van der Waals surface area contributed by atoms with Crippen LogP contribution < -0.4 is 5.32 Å². The number of ether oxygens (including phenoxy) is 1. The molecule has 2 heteroatoms. The molecule has 0 saturated carbocycles. The van der Waals surface area contributed by atoms with Gasteiger partial charge in [0.25, 0.3) is 0 Å². The molecule has 0 aliphatic carbocycles. The largest absolute Gasteiger partial charge is 0.383 e. The highest BCUT2D eigenvalue weighted by atomic mass is 16.5. The summed E-state index contributed by atoms with van der Waals surface area (Å²) < 4.78 is 5.04. The molecular weight excluding hydrogens is 234 g/mol. The molecule has 0 heterocycles. The number of rotatable bonds is 7. The van der Waals surface area contributed by atoms with Gasteiger partial charge in [0.15, 0.2) is 0 Å². The Morgan fingerprint density at radius 1 is 1.21 bits per heavy atom. The summed E-state index contributed by atoms with van der Waals surface area (Å²) in [6.07, 6.45) is 3.41. The quantitative estimate of drug-likeness (QED) is 0.757. The molecule has 1 aromatic rings. The first-order chi connectivity index (χ1) is 9.08. The van der Waals surface area contributed by atoms with Crippen LogP contribution in [-0.2, 0) is 4.74 Å². The highest BCUT2D eigenvalue weighted by molar-refractivity contribution is 5.61. The van der Waals surface area contributed by atoms with Gasteiger partial charge >= 0.3 is 0 Å². The summed E-state index contributed by atoms with van der Waals surface area (Å²) in [5.41, 5.74) is 6.87. The van der Waals surface area contributed by atoms with Gasteiger partial charge in [0, 0.05) is 20.2 Å². The summed E-state index contributed by atoms with van der Waals surface area (Å²) in [7, 11) is 1.73. The van der Waals surface area contributed by atoms with E-state index in [1.54, 1.807) is 7.11 Å². The van der Waals surface area contributed by atoms with E-state index in [0.717, 1.165) is 26.1 Å². The molecule has 0 aromatic heterocycles. The fourth-order valence-corrected chi connectivity index (χ4v) is 2.32. The average Bonchev–Trinajstić information content (AvgIpc) is 2.36. The van der Waals surface area contributed by atoms with Gasteiger partial charge in [0.05, 0.1) is 6.61 Å². The molecule has 0 aliphatic heterocycles. The summed E-state index contributed by atoms with van der Waals surface area (Å²) in [5.74, 6) is 0. The molecule has 106 valence electrons. The number of nitrogens with one attached hydrogen (secondary N) is 1. The maximum absolute atomic E-state index is 5.04. The number of aryl methyl sites for hydroxylation is 3. The Morgan fingerprint density at radius 2 is 1.84 bits per heavy atom. The summed E-state index contributed by atoms with van der Waals surface area (Å²) >= 11 is 0. The van der Waals surface area contributed by atoms with Gasteiger partial charge in [-0.05, 0) is 43.9 Å². The Hall–Kier alpha value is -1.12. The lowest BCUT2D eigenvalue weighted by atomic mass is 9.97. The molecule has 0 fully saturated rings. The average molecular weight is 261 g/mol. The lowest BCUT2D eigenvalue weighted by Crippen LogP contribution is -2.21. The second kappa shape index (κ2) is 8.13. The van der Waals surface area contributed by atoms with Crippen LogP contribution in [0.5, 0.6) is 0 Å². The maximum Gasteiger partial charge on any atom is 0.0587 e. The van der Waals surface area contributed by atoms with Crippen molar-refractivity contribution in [1.82, 2.24) is 5.32 Å². The molecule has 1 aromatic carbocycles. The normalized spacial score (nSPS) is 11.9. The number of hydrogen-bond donors (Lipinski definition) is 1. The van der Waals surface area contributed by atoms with Gasteiger partial charge in [-0.25, -0.2) is 0 Å². The molecule has 0 aliphatic rings. The van der Waals surface area contributed by atoms with Crippen LogP contribution in [0.2, 0.25) is 0 Å². The van der Waals surface area contributed by atoms with Crippen LogP contribution in [0.3, 0.4) is 0 Å². The lowest BCUT2D eigenvalue weighted by Gasteiger charge is -2.11. The van der Waals surface area contributed by atoms with E-state index in [-0.39, 0.29) is 0 Å². The third-order valence-electron chi connectivity index (χ3n) is 3.38. The summed E-state index contributed by atoms with van der Waals surface area (Å²) in [6, 6.07) is 4.51. The standard InChI is InChI=1S/C17H27NO/c1-6-16(12-18-7-8-19-5)11-17-14(3)9-13(2)10-15(17)4/h9-11,18H,6-8,12H2,1-5H3. The first kappa shape index (κ1) is 15.9. The fourth-order valence-electron chi connectivity index (χ4n) is 2.32. The third kappa shape index (κ3) is 5.17. The second-order valence-electron chi connectivity index (χ2n) is 5.14. The van der Waals surface area contributed by atoms with Crippen molar-refractivity contribution in [3.8, 4) is 0 Å². The van der Waals surface area contributed by atoms with E-state index >= 15 is 0 Å². The Bertz CT molecular complexity index is 412. The van der Waals surface area contributed by atoms with Gasteiger partial charge < -0.3 is 10.1 Å². The van der Waals surface area contributed by atoms with Crippen LogP contribution in [0.4, 0.5) is 0 Å². The minimum absolute atomic E-state index is 0.763. The highest BCUT2D eigenvalue weighted by Crippen LogP contribution is 2.20. The van der Waals surface area contributed by atoms with Crippen LogP contribution in [0.15, 0.2) is 17.7 Å². The van der Waals surface area contributed by atoms with Crippen LogP contribution >= 0.6 is 0 Å². The van der Waals surface area contributed by atoms with Gasteiger partial charge in [-0.1, -0.05) is 36.3 Å². The number of benzene rings is 1. The van der Waals surface area contributed by atoms with E-state index in [1.165, 1.54) is 27.8 Å². The van der Waals surface area contributed by atoms with Crippen molar-refractivity contribution < 1.29 is 4.74 Å². The number of methoxy groups -OCH3 is 1. The summed E-state index contributed by atoms with van der Waals surface area (Å²) in [6.45, 7) is 11.4. The van der Waals surface area contributed by atoms with Crippen LogP contribution in [0.1, 0.15) is 35.6 Å². The zero-order valence-electron chi connectivity index (χ0n) is 13.0. The Morgan fingerprint density at radius 3 is 2.37 bits per heavy atom. The maximum atomic E-state index is 5.04. The molecular formula is C17H27NO. The molecule has 2 nitrogen and oxygen atoms in total. The van der Waals surface area contributed by atoms with Crippen LogP contribution in [0, 0.1) is 20.8 Å². The van der Waals surface area contributed by atoms with Gasteiger partial charge in [-0.2, -0.15) is 0 Å². The molecule has 0 radical (unpaired) electrons. The van der Waals surface area contributed by atoms with Gasteiger partial charge in [-0.3, -0.25) is 0 Å². The SMILES string of the molecule is CCC(=Cc1c(C)cc(C)cc1C)CNCCOC. The van der Waals surface area contributed by atoms with E-state index in [4.69, 9.17) is 4.74 Å². The van der Waals surface area contributed by atoms with Gasteiger partial charge in [-0.15, -0.1) is 0 Å². The van der Waals surface area contributed by atoms with Gasteiger partial charge in [0.1, 0.15) is 0 Å². The molecule has 0 saturated heterocycles. The molecule has 0 atom stereocenters. The smallest absolute Gasteiger partial charge is 0.0587 e. The highest BCUT2D eigenvalue weighted by Gasteiger charge is 2.03. The Labute approximate surface area is 117 Å². The van der Waals surface area contributed by atoms with E-state index in [0.29, 0.717) is 0 Å². The van der Waals surface area contributed by atoms with Crippen molar-refractivity contribution in [3.05, 3.63) is 40.0 Å². The van der Waals surface area contributed by atoms with Crippen molar-refractivity contribution in [2.45, 2.75) is 34.1 Å². The Balaban J connectivity index is 2.80. The zero-order valence-corrected chi connectivity index (χ0v) is 13.0. The number of hydrogen-bond acceptors (Lipinski definition) is 2. The first-order valence-electron chi connectivity index (χ1n) is 7.05. The van der Waals surface area contributed by atoms with Crippen LogP contribution in [-0.4, -0.2) is 26.8 Å². The molecule has 1 rings (SSSR count). The second-order valence-corrected chi connectivity index (χ2v) is 5.14. The predicted octanol–water partition coefficient (Wildman–Crippen LogP) is 3.64. The molecule has 0 unspecified atom stereocenters. The van der Waals surface area contributed by atoms with E-state index < -0.39 is 0 Å². The van der Waals surface area contributed by atoms with E-state index in [1.807, 2.05) is 0 Å². The topological polar surface area (TPSA) is 21.3 Å². The molecule has 0 bridgehead atoms. The summed E-state index contributed by atoms with van der Waals surface area (Å²) in [5, 5.41) is 3.41.